The molecular weight excluding hydrogens is 332 g/mol. The average Bonchev–Trinajstić information content (AvgIpc) is 2.54. The minimum Gasteiger partial charge on any atom is -0.430 e. The summed E-state index contributed by atoms with van der Waals surface area (Å²) in [5.74, 6) is -0.767. The number of benzene rings is 1. The second-order valence-electron chi connectivity index (χ2n) is 6.06. The summed E-state index contributed by atoms with van der Waals surface area (Å²) in [5.41, 5.74) is 0.293. The van der Waals surface area contributed by atoms with Gasteiger partial charge in [0, 0.05) is 6.61 Å². The Labute approximate surface area is 142 Å². The van der Waals surface area contributed by atoms with Gasteiger partial charge in [0.25, 0.3) is 0 Å². The molecule has 0 fully saturated rings. The number of carbonyl (C=O) groups excluding carboxylic acids is 2. The summed E-state index contributed by atoms with van der Waals surface area (Å²) in [6.45, 7) is 9.45. The van der Waals surface area contributed by atoms with E-state index in [1.165, 1.54) is 5.19 Å². The molecule has 0 saturated carbocycles. The molecule has 0 bridgehead atoms. The Balaban J connectivity index is 2.27. The van der Waals surface area contributed by atoms with Crippen molar-refractivity contribution in [3.8, 4) is 0 Å². The van der Waals surface area contributed by atoms with E-state index in [2.05, 4.69) is 39.2 Å². The molecule has 0 unspecified atom stereocenters. The molecule has 1 aromatic rings. The number of rotatable bonds is 9. The van der Waals surface area contributed by atoms with Crippen LogP contribution in [0.1, 0.15) is 23.7 Å². The molecule has 0 aliphatic carbocycles. The summed E-state index contributed by atoms with van der Waals surface area (Å²) >= 11 is 0. The zero-order chi connectivity index (χ0) is 18.0. The van der Waals surface area contributed by atoms with Crippen molar-refractivity contribution in [3.63, 3.8) is 0 Å². The maximum atomic E-state index is 11.7. The predicted octanol–water partition coefficient (Wildman–Crippen LogP) is 2.82. The summed E-state index contributed by atoms with van der Waals surface area (Å²) in [4.78, 5) is 31.4. The largest absolute Gasteiger partial charge is 0.543 e. The SMILES string of the molecule is CCCOCCOC(=O)OOOC(=O)c1ccc([Si](C)(C)C)cc1. The molecule has 0 saturated heterocycles. The summed E-state index contributed by atoms with van der Waals surface area (Å²) in [7, 11) is -1.43. The maximum absolute atomic E-state index is 11.7. The van der Waals surface area contributed by atoms with Crippen molar-refractivity contribution in [2.75, 3.05) is 19.8 Å². The van der Waals surface area contributed by atoms with Gasteiger partial charge in [-0.25, -0.2) is 14.5 Å². The molecule has 1 rings (SSSR count). The van der Waals surface area contributed by atoms with Gasteiger partial charge in [0.1, 0.15) is 6.61 Å². The lowest BCUT2D eigenvalue weighted by Gasteiger charge is -2.16. The fourth-order valence-electron chi connectivity index (χ4n) is 1.68. The number of hydrogen-bond acceptors (Lipinski definition) is 7. The highest BCUT2D eigenvalue weighted by molar-refractivity contribution is 6.88. The average molecular weight is 356 g/mol. The third-order valence-electron chi connectivity index (χ3n) is 2.99. The van der Waals surface area contributed by atoms with Crippen LogP contribution in [-0.2, 0) is 24.3 Å². The third-order valence-corrected chi connectivity index (χ3v) is 5.06. The van der Waals surface area contributed by atoms with Gasteiger partial charge in [-0.2, -0.15) is 0 Å². The van der Waals surface area contributed by atoms with Gasteiger partial charge >= 0.3 is 12.1 Å². The second kappa shape index (κ2) is 10.1. The Morgan fingerprint density at radius 2 is 1.62 bits per heavy atom. The molecule has 24 heavy (non-hydrogen) atoms. The monoisotopic (exact) mass is 356 g/mol. The quantitative estimate of drug-likeness (QED) is 0.221. The summed E-state index contributed by atoms with van der Waals surface area (Å²) < 4.78 is 9.74. The molecule has 7 nitrogen and oxygen atoms in total. The molecule has 134 valence electrons. The van der Waals surface area contributed by atoms with Crippen molar-refractivity contribution in [3.05, 3.63) is 29.8 Å². The molecule has 0 spiro atoms. The molecule has 0 N–H and O–H groups in total. The van der Waals surface area contributed by atoms with Crippen LogP contribution in [0.3, 0.4) is 0 Å². The zero-order valence-corrected chi connectivity index (χ0v) is 15.5. The molecule has 1 aromatic carbocycles. The van der Waals surface area contributed by atoms with Crippen LogP contribution >= 0.6 is 0 Å². The first-order valence-electron chi connectivity index (χ1n) is 7.75. The standard InChI is InChI=1S/C16H24O7Si/c1-5-10-19-11-12-20-16(18)22-23-21-15(17)13-6-8-14(9-7-13)24(2,3)4/h6-9H,5,10-12H2,1-4H3. The minimum atomic E-state index is -1.43. The fraction of sp³-hybridized carbons (Fsp3) is 0.500. The van der Waals surface area contributed by atoms with Gasteiger partial charge in [-0.15, -0.1) is 0 Å². The minimum absolute atomic E-state index is 0.0221. The Bertz CT molecular complexity index is 522. The Morgan fingerprint density at radius 3 is 2.21 bits per heavy atom. The molecule has 0 aliphatic heterocycles. The molecule has 0 aliphatic rings. The van der Waals surface area contributed by atoms with Crippen molar-refractivity contribution < 1.29 is 33.9 Å². The lowest BCUT2D eigenvalue weighted by Crippen LogP contribution is -2.37. The summed E-state index contributed by atoms with van der Waals surface area (Å²) in [5, 5.41) is 5.34. The van der Waals surface area contributed by atoms with Crippen molar-refractivity contribution >= 4 is 25.4 Å². The van der Waals surface area contributed by atoms with E-state index in [0.717, 1.165) is 6.42 Å². The number of hydrogen-bond donors (Lipinski definition) is 0. The van der Waals surface area contributed by atoms with E-state index in [1.807, 2.05) is 19.1 Å². The molecule has 0 atom stereocenters. The van der Waals surface area contributed by atoms with Gasteiger partial charge in [0.05, 0.1) is 25.3 Å². The van der Waals surface area contributed by atoms with Crippen LogP contribution < -0.4 is 5.19 Å². The van der Waals surface area contributed by atoms with E-state index in [-0.39, 0.29) is 13.2 Å². The normalized spacial score (nSPS) is 11.0. The first-order valence-corrected chi connectivity index (χ1v) is 11.2. The number of carbonyl (C=O) groups is 2. The van der Waals surface area contributed by atoms with Gasteiger partial charge in [0.2, 0.25) is 0 Å². The van der Waals surface area contributed by atoms with Crippen molar-refractivity contribution in [2.45, 2.75) is 33.0 Å². The molecule has 0 radical (unpaired) electrons. The van der Waals surface area contributed by atoms with Crippen LogP contribution in [0, 0.1) is 0 Å². The molecule has 0 heterocycles. The number of ether oxygens (including phenoxy) is 2. The smallest absolute Gasteiger partial charge is 0.430 e. The van der Waals surface area contributed by atoms with Gasteiger partial charge in [-0.1, -0.05) is 43.9 Å². The fourth-order valence-corrected chi connectivity index (χ4v) is 2.85. The zero-order valence-electron chi connectivity index (χ0n) is 14.5. The first kappa shape index (κ1) is 20.1. The van der Waals surface area contributed by atoms with Crippen molar-refractivity contribution in [1.82, 2.24) is 0 Å². The lowest BCUT2D eigenvalue weighted by molar-refractivity contribution is -0.452. The van der Waals surface area contributed by atoms with E-state index in [0.29, 0.717) is 12.2 Å². The van der Waals surface area contributed by atoms with Crippen LogP contribution in [-0.4, -0.2) is 40.0 Å². The van der Waals surface area contributed by atoms with E-state index in [1.54, 1.807) is 12.1 Å². The van der Waals surface area contributed by atoms with Crippen LogP contribution in [0.15, 0.2) is 24.3 Å². The first-order chi connectivity index (χ1) is 11.3. The van der Waals surface area contributed by atoms with Gasteiger partial charge in [-0.05, 0) is 18.6 Å². The van der Waals surface area contributed by atoms with E-state index >= 15 is 0 Å². The van der Waals surface area contributed by atoms with E-state index in [4.69, 9.17) is 4.74 Å². The molecule has 0 aromatic heterocycles. The lowest BCUT2D eigenvalue weighted by atomic mass is 10.2. The van der Waals surface area contributed by atoms with E-state index in [9.17, 15) is 9.59 Å². The Hall–Kier alpha value is -1.90. The summed E-state index contributed by atoms with van der Waals surface area (Å²) in [6.07, 6.45) is -0.236. The Kier molecular flexibility index (Phi) is 8.45. The van der Waals surface area contributed by atoms with Crippen molar-refractivity contribution in [1.29, 1.82) is 0 Å². The molecule has 0 amide bonds. The van der Waals surface area contributed by atoms with Gasteiger partial charge in [-0.3, -0.25) is 4.89 Å². The molecule has 8 heteroatoms. The highest BCUT2D eigenvalue weighted by atomic mass is 28.3. The highest BCUT2D eigenvalue weighted by Gasteiger charge is 2.17. The van der Waals surface area contributed by atoms with Crippen LogP contribution in [0.4, 0.5) is 4.79 Å². The van der Waals surface area contributed by atoms with Crippen LogP contribution in [0.25, 0.3) is 0 Å². The van der Waals surface area contributed by atoms with Crippen LogP contribution in [0.5, 0.6) is 0 Å². The molecular formula is C16H24O7Si. The third kappa shape index (κ3) is 7.58. The topological polar surface area (TPSA) is 80.3 Å². The highest BCUT2D eigenvalue weighted by Crippen LogP contribution is 2.06. The van der Waals surface area contributed by atoms with Crippen LogP contribution in [0.2, 0.25) is 19.6 Å². The Morgan fingerprint density at radius 1 is 0.958 bits per heavy atom. The maximum Gasteiger partial charge on any atom is 0.543 e. The van der Waals surface area contributed by atoms with Crippen molar-refractivity contribution in [2.24, 2.45) is 0 Å². The second-order valence-corrected chi connectivity index (χ2v) is 11.1. The van der Waals surface area contributed by atoms with E-state index < -0.39 is 20.2 Å². The van der Waals surface area contributed by atoms with Gasteiger partial charge < -0.3 is 9.47 Å². The summed E-state index contributed by atoms with van der Waals surface area (Å²) in [6, 6.07) is 7.05. The predicted molar refractivity (Wildman–Crippen MR) is 89.5 cm³/mol. The van der Waals surface area contributed by atoms with Gasteiger partial charge in [0.15, 0.2) is 0 Å².